The Labute approximate surface area is 192 Å². The quantitative estimate of drug-likeness (QED) is 0.339. The molecule has 0 unspecified atom stereocenters. The number of hydrogen-bond acceptors (Lipinski definition) is 5. The summed E-state index contributed by atoms with van der Waals surface area (Å²) >= 11 is 0. The summed E-state index contributed by atoms with van der Waals surface area (Å²) in [6.07, 6.45) is 1.49. The first-order valence-electron chi connectivity index (χ1n) is 10.5. The summed E-state index contributed by atoms with van der Waals surface area (Å²) in [5.74, 6) is -1.89. The number of nitrogens with one attached hydrogen (secondary N) is 1. The van der Waals surface area contributed by atoms with E-state index in [0.29, 0.717) is 23.1 Å². The van der Waals surface area contributed by atoms with Gasteiger partial charge in [-0.25, -0.2) is 13.9 Å². The average Bonchev–Trinajstić information content (AvgIpc) is 3.18. The maximum absolute atomic E-state index is 13.7. The number of ether oxygens (including phenoxy) is 2. The number of carboxylic acids is 1. The molecule has 0 fully saturated rings. The Hall–Kier alpha value is -3.24. The van der Waals surface area contributed by atoms with Crippen molar-refractivity contribution in [3.8, 4) is 5.75 Å². The van der Waals surface area contributed by atoms with E-state index in [1.807, 2.05) is 0 Å². The predicted octanol–water partition coefficient (Wildman–Crippen LogP) is 4.12. The zero-order valence-electron chi connectivity index (χ0n) is 19.1. The molecule has 0 saturated carbocycles. The molecule has 0 atom stereocenters. The summed E-state index contributed by atoms with van der Waals surface area (Å²) < 4.78 is 26.2. The Morgan fingerprint density at radius 3 is 2.61 bits per heavy atom. The fraction of sp³-hybridized carbons (Fsp3) is 0.348. The summed E-state index contributed by atoms with van der Waals surface area (Å²) in [4.78, 5) is 24.4. The van der Waals surface area contributed by atoms with Crippen molar-refractivity contribution in [3.63, 3.8) is 0 Å². The van der Waals surface area contributed by atoms with Gasteiger partial charge < -0.3 is 19.9 Å². The van der Waals surface area contributed by atoms with Crippen molar-refractivity contribution in [2.24, 2.45) is 0 Å². The summed E-state index contributed by atoms with van der Waals surface area (Å²) in [5.41, 5.74) is 1.40. The molecular formula is C23H28FN3O5Si. The van der Waals surface area contributed by atoms with Crippen molar-refractivity contribution in [2.45, 2.75) is 39.0 Å². The molecule has 10 heteroatoms. The average molecular weight is 474 g/mol. The molecular weight excluding hydrogens is 445 g/mol. The van der Waals surface area contributed by atoms with Gasteiger partial charge in [-0.15, -0.1) is 0 Å². The van der Waals surface area contributed by atoms with Crippen molar-refractivity contribution < 1.29 is 28.6 Å². The number of carbonyl (C=O) groups is 2. The van der Waals surface area contributed by atoms with Crippen LogP contribution >= 0.6 is 0 Å². The maximum atomic E-state index is 13.7. The smallest absolute Gasteiger partial charge is 0.336 e. The second kappa shape index (κ2) is 10.1. The van der Waals surface area contributed by atoms with E-state index in [0.717, 1.165) is 12.1 Å². The second-order valence-electron chi connectivity index (χ2n) is 8.86. The lowest BCUT2D eigenvalue weighted by molar-refractivity contribution is 0.0698. The number of carbonyl (C=O) groups excluding carboxylic acids is 1. The third-order valence-electron chi connectivity index (χ3n) is 5.17. The van der Waals surface area contributed by atoms with Crippen LogP contribution in [0.25, 0.3) is 10.9 Å². The first-order valence-corrected chi connectivity index (χ1v) is 14.2. The van der Waals surface area contributed by atoms with Gasteiger partial charge in [-0.05, 0) is 35.9 Å². The van der Waals surface area contributed by atoms with Gasteiger partial charge in [-0.1, -0.05) is 25.7 Å². The van der Waals surface area contributed by atoms with Gasteiger partial charge in [0.2, 0.25) is 0 Å². The van der Waals surface area contributed by atoms with Crippen molar-refractivity contribution in [1.82, 2.24) is 15.1 Å². The van der Waals surface area contributed by atoms with Crippen LogP contribution in [0.2, 0.25) is 25.7 Å². The van der Waals surface area contributed by atoms with E-state index in [-0.39, 0.29) is 30.2 Å². The molecule has 33 heavy (non-hydrogen) atoms. The molecule has 2 aromatic carbocycles. The molecule has 3 aromatic rings. The molecule has 0 aliphatic rings. The zero-order chi connectivity index (χ0) is 24.2. The van der Waals surface area contributed by atoms with Gasteiger partial charge in [0.15, 0.2) is 0 Å². The van der Waals surface area contributed by atoms with E-state index < -0.39 is 25.8 Å². The highest BCUT2D eigenvalue weighted by atomic mass is 28.3. The molecule has 176 valence electrons. The van der Waals surface area contributed by atoms with Crippen LogP contribution < -0.4 is 10.1 Å². The van der Waals surface area contributed by atoms with Gasteiger partial charge in [-0.2, -0.15) is 5.10 Å². The number of methoxy groups -OCH3 is 1. The number of rotatable bonds is 10. The number of halogens is 1. The van der Waals surface area contributed by atoms with Crippen LogP contribution in [0.15, 0.2) is 36.5 Å². The molecule has 3 rings (SSSR count). The number of hydrogen-bond donors (Lipinski definition) is 2. The van der Waals surface area contributed by atoms with E-state index in [2.05, 4.69) is 30.1 Å². The topological polar surface area (TPSA) is 103 Å². The number of aromatic carboxylic acids is 1. The fourth-order valence-corrected chi connectivity index (χ4v) is 4.12. The van der Waals surface area contributed by atoms with E-state index in [1.54, 1.807) is 10.7 Å². The summed E-state index contributed by atoms with van der Waals surface area (Å²) in [5, 5.41) is 17.1. The van der Waals surface area contributed by atoms with Gasteiger partial charge >= 0.3 is 5.97 Å². The molecule has 1 aromatic heterocycles. The lowest BCUT2D eigenvalue weighted by Gasteiger charge is -2.16. The molecule has 0 aliphatic carbocycles. The highest BCUT2D eigenvalue weighted by molar-refractivity contribution is 6.76. The largest absolute Gasteiger partial charge is 0.496 e. The van der Waals surface area contributed by atoms with Crippen molar-refractivity contribution >= 4 is 30.9 Å². The molecule has 0 bridgehead atoms. The molecule has 1 heterocycles. The summed E-state index contributed by atoms with van der Waals surface area (Å²) in [6, 6.07) is 7.81. The Bertz CT molecular complexity index is 1170. The second-order valence-corrected chi connectivity index (χ2v) is 14.5. The van der Waals surface area contributed by atoms with Crippen LogP contribution in [0.1, 0.15) is 26.3 Å². The third kappa shape index (κ3) is 5.96. The Morgan fingerprint density at radius 2 is 1.94 bits per heavy atom. The molecule has 0 radical (unpaired) electrons. The first kappa shape index (κ1) is 24.4. The number of nitrogens with zero attached hydrogens (tertiary/aromatic N) is 2. The third-order valence-corrected chi connectivity index (χ3v) is 6.88. The van der Waals surface area contributed by atoms with E-state index in [1.165, 1.54) is 31.5 Å². The normalized spacial score (nSPS) is 11.5. The lowest BCUT2D eigenvalue weighted by atomic mass is 10.1. The highest BCUT2D eigenvalue weighted by Crippen LogP contribution is 2.24. The van der Waals surface area contributed by atoms with Crippen LogP contribution in [0.4, 0.5) is 4.39 Å². The SMILES string of the molecule is COc1ccc(F)cc1C(=O)NCc1ccc(C(=O)O)c2cnn(COCC[Si](C)(C)C)c12. The Kier molecular flexibility index (Phi) is 7.49. The molecule has 8 nitrogen and oxygen atoms in total. The maximum Gasteiger partial charge on any atom is 0.336 e. The van der Waals surface area contributed by atoms with E-state index in [4.69, 9.17) is 9.47 Å². The van der Waals surface area contributed by atoms with Gasteiger partial charge in [0, 0.05) is 26.6 Å². The van der Waals surface area contributed by atoms with Gasteiger partial charge in [-0.3, -0.25) is 4.79 Å². The van der Waals surface area contributed by atoms with E-state index in [9.17, 15) is 19.1 Å². The van der Waals surface area contributed by atoms with Crippen LogP contribution in [-0.4, -0.2) is 48.6 Å². The summed E-state index contributed by atoms with van der Waals surface area (Å²) in [7, 11) is 0.148. The highest BCUT2D eigenvalue weighted by Gasteiger charge is 2.19. The van der Waals surface area contributed by atoms with Gasteiger partial charge in [0.1, 0.15) is 18.3 Å². The lowest BCUT2D eigenvalue weighted by Crippen LogP contribution is -2.24. The number of amides is 1. The van der Waals surface area contributed by atoms with Crippen LogP contribution in [0.5, 0.6) is 5.75 Å². The first-order chi connectivity index (χ1) is 15.6. The number of benzene rings is 2. The van der Waals surface area contributed by atoms with Crippen LogP contribution in [-0.2, 0) is 18.0 Å². The standard InChI is InChI=1S/C23H28FN3O5Si/c1-31-20-8-6-16(24)11-18(20)22(28)25-12-15-5-7-17(23(29)30)19-13-26-27(21(15)19)14-32-9-10-33(2,3)4/h5-8,11,13H,9-10,12,14H2,1-4H3,(H,25,28)(H,29,30). The van der Waals surface area contributed by atoms with Crippen LogP contribution in [0.3, 0.4) is 0 Å². The summed E-state index contributed by atoms with van der Waals surface area (Å²) in [6.45, 7) is 7.60. The fourth-order valence-electron chi connectivity index (χ4n) is 3.36. The van der Waals surface area contributed by atoms with Crippen LogP contribution in [0, 0.1) is 5.82 Å². The van der Waals surface area contributed by atoms with Crippen molar-refractivity contribution in [2.75, 3.05) is 13.7 Å². The minimum atomic E-state index is -1.25. The Balaban J connectivity index is 1.85. The number of fused-ring (bicyclic) bond motifs is 1. The van der Waals surface area contributed by atoms with Crippen molar-refractivity contribution in [1.29, 1.82) is 0 Å². The molecule has 0 aliphatic heterocycles. The van der Waals surface area contributed by atoms with Gasteiger partial charge in [0.25, 0.3) is 5.91 Å². The Morgan fingerprint density at radius 1 is 1.18 bits per heavy atom. The molecule has 0 saturated heterocycles. The monoisotopic (exact) mass is 473 g/mol. The minimum Gasteiger partial charge on any atom is -0.496 e. The molecule has 0 spiro atoms. The molecule has 1 amide bonds. The number of aromatic nitrogens is 2. The van der Waals surface area contributed by atoms with Gasteiger partial charge in [0.05, 0.1) is 30.0 Å². The number of carboxylic acid groups (broad SMARTS) is 1. The minimum absolute atomic E-state index is 0.0686. The van der Waals surface area contributed by atoms with E-state index >= 15 is 0 Å². The van der Waals surface area contributed by atoms with Crippen molar-refractivity contribution in [3.05, 3.63) is 59.0 Å². The predicted molar refractivity (Wildman–Crippen MR) is 125 cm³/mol. The zero-order valence-corrected chi connectivity index (χ0v) is 20.1. The molecule has 2 N–H and O–H groups in total.